The maximum absolute atomic E-state index is 12.3. The van der Waals surface area contributed by atoms with Crippen molar-refractivity contribution in [3.8, 4) is 11.5 Å². The highest BCUT2D eigenvalue weighted by Gasteiger charge is 2.19. The maximum Gasteiger partial charge on any atom is 0.438 e. The second kappa shape index (κ2) is 10.6. The number of nitrogens with zero attached hydrogens (tertiary/aromatic N) is 1. The van der Waals surface area contributed by atoms with Crippen molar-refractivity contribution in [1.29, 1.82) is 0 Å². The van der Waals surface area contributed by atoms with Crippen molar-refractivity contribution in [2.24, 2.45) is 4.76 Å². The number of rotatable bonds is 8. The van der Waals surface area contributed by atoms with Gasteiger partial charge < -0.3 is 13.8 Å². The monoisotopic (exact) mass is 427 g/mol. The lowest BCUT2D eigenvalue weighted by atomic mass is 10.2. The lowest BCUT2D eigenvalue weighted by Crippen LogP contribution is -2.14. The molecule has 3 aromatic rings. The summed E-state index contributed by atoms with van der Waals surface area (Å²) >= 11 is 6.18. The summed E-state index contributed by atoms with van der Waals surface area (Å²) < 4.78 is 21.3. The van der Waals surface area contributed by atoms with Crippen LogP contribution in [0, 0.1) is 0 Å². The summed E-state index contributed by atoms with van der Waals surface area (Å²) in [5, 5.41) is 0.427. The molecular formula is C22H19ClNO4P. The molecule has 0 bridgehead atoms. The molecule has 7 heteroatoms. The average molecular weight is 428 g/mol. The summed E-state index contributed by atoms with van der Waals surface area (Å²) in [6, 6.07) is 25.5. The Kier molecular flexibility index (Phi) is 7.62. The van der Waals surface area contributed by atoms with Gasteiger partial charge in [-0.05, 0) is 36.8 Å². The zero-order valence-corrected chi connectivity index (χ0v) is 17.3. The Morgan fingerprint density at radius 3 is 2.21 bits per heavy atom. The molecule has 3 aromatic carbocycles. The van der Waals surface area contributed by atoms with E-state index in [1.165, 1.54) is 0 Å². The molecular weight excluding hydrogens is 409 g/mol. The summed E-state index contributed by atoms with van der Waals surface area (Å²) in [6.45, 7) is 1.72. The van der Waals surface area contributed by atoms with Crippen molar-refractivity contribution in [3.63, 3.8) is 0 Å². The number of para-hydroxylation sites is 2. The smallest absolute Gasteiger partial charge is 0.438 e. The Morgan fingerprint density at radius 2 is 1.52 bits per heavy atom. The van der Waals surface area contributed by atoms with Crippen LogP contribution in [0.3, 0.4) is 0 Å². The highest BCUT2D eigenvalue weighted by atomic mass is 35.5. The molecule has 0 amide bonds. The van der Waals surface area contributed by atoms with Gasteiger partial charge in [-0.2, -0.15) is 4.76 Å². The van der Waals surface area contributed by atoms with Gasteiger partial charge in [0.2, 0.25) is 0 Å². The van der Waals surface area contributed by atoms with E-state index in [9.17, 15) is 4.79 Å². The molecule has 0 aromatic heterocycles. The van der Waals surface area contributed by atoms with Gasteiger partial charge in [0.25, 0.3) is 0 Å². The summed E-state index contributed by atoms with van der Waals surface area (Å²) in [5.74, 6) is 0.450. The predicted octanol–water partition coefficient (Wildman–Crippen LogP) is 6.23. The molecule has 0 aliphatic heterocycles. The van der Waals surface area contributed by atoms with E-state index < -0.39 is 14.5 Å². The molecule has 0 fully saturated rings. The molecule has 0 aliphatic rings. The standard InChI is InChI=1S/C22H19ClNO4P/c1-17(22(25)26-16-18-10-4-2-5-11-18)24-29(27-19-12-6-3-7-13-19)28-21-15-9-8-14-20(21)23/h2-15H,16H2,1H3. The lowest BCUT2D eigenvalue weighted by molar-refractivity contribution is -0.136. The molecule has 0 saturated heterocycles. The van der Waals surface area contributed by atoms with Gasteiger partial charge in [-0.15, -0.1) is 0 Å². The number of hydrogen-bond donors (Lipinski definition) is 0. The van der Waals surface area contributed by atoms with Crippen molar-refractivity contribution in [3.05, 3.63) is 95.5 Å². The molecule has 29 heavy (non-hydrogen) atoms. The molecule has 0 saturated carbocycles. The third-order valence-corrected chi connectivity index (χ3v) is 5.18. The molecule has 3 rings (SSSR count). The number of benzene rings is 3. The van der Waals surface area contributed by atoms with E-state index in [2.05, 4.69) is 4.76 Å². The van der Waals surface area contributed by atoms with Gasteiger partial charge in [-0.25, -0.2) is 4.79 Å². The quantitative estimate of drug-likeness (QED) is 0.243. The van der Waals surface area contributed by atoms with Crippen LogP contribution in [0.4, 0.5) is 0 Å². The molecule has 0 N–H and O–H groups in total. The zero-order chi connectivity index (χ0) is 20.5. The lowest BCUT2D eigenvalue weighted by Gasteiger charge is -2.15. The Balaban J connectivity index is 1.73. The van der Waals surface area contributed by atoms with Crippen LogP contribution >= 0.6 is 20.1 Å². The predicted molar refractivity (Wildman–Crippen MR) is 115 cm³/mol. The van der Waals surface area contributed by atoms with Crippen LogP contribution in [-0.2, 0) is 16.1 Å². The average Bonchev–Trinajstić information content (AvgIpc) is 2.75. The summed E-state index contributed by atoms with van der Waals surface area (Å²) in [6.07, 6.45) is 0. The van der Waals surface area contributed by atoms with Gasteiger partial charge in [-0.1, -0.05) is 72.3 Å². The minimum Gasteiger partial charge on any atom is -0.456 e. The van der Waals surface area contributed by atoms with Crippen LogP contribution in [0.2, 0.25) is 5.02 Å². The number of carbonyl (C=O) groups excluding carboxylic acids is 1. The van der Waals surface area contributed by atoms with E-state index in [1.807, 2.05) is 48.5 Å². The van der Waals surface area contributed by atoms with Gasteiger partial charge >= 0.3 is 14.5 Å². The van der Waals surface area contributed by atoms with Crippen molar-refractivity contribution in [1.82, 2.24) is 0 Å². The van der Waals surface area contributed by atoms with Gasteiger partial charge in [0.1, 0.15) is 23.8 Å². The maximum atomic E-state index is 12.3. The zero-order valence-electron chi connectivity index (χ0n) is 15.7. The Bertz CT molecular complexity index is 967. The number of hydrogen-bond acceptors (Lipinski definition) is 5. The Hall–Kier alpha value is -2.88. The fourth-order valence-electron chi connectivity index (χ4n) is 2.22. The molecule has 0 spiro atoms. The van der Waals surface area contributed by atoms with E-state index in [-0.39, 0.29) is 12.3 Å². The minimum atomic E-state index is -1.86. The normalized spacial score (nSPS) is 12.1. The first-order valence-electron chi connectivity index (χ1n) is 8.84. The number of esters is 1. The fourth-order valence-corrected chi connectivity index (χ4v) is 3.53. The largest absolute Gasteiger partial charge is 0.456 e. The molecule has 1 atom stereocenters. The van der Waals surface area contributed by atoms with Crippen molar-refractivity contribution < 1.29 is 18.6 Å². The Labute approximate surface area is 175 Å². The first kappa shape index (κ1) is 20.8. The molecule has 5 nitrogen and oxygen atoms in total. The van der Waals surface area contributed by atoms with Crippen molar-refractivity contribution in [2.45, 2.75) is 13.5 Å². The summed E-state index contributed by atoms with van der Waals surface area (Å²) in [7, 11) is -1.86. The van der Waals surface area contributed by atoms with Crippen molar-refractivity contribution in [2.75, 3.05) is 0 Å². The molecule has 0 aliphatic carbocycles. The van der Waals surface area contributed by atoms with E-state index in [0.717, 1.165) is 5.56 Å². The second-order valence-electron chi connectivity index (χ2n) is 5.91. The first-order chi connectivity index (χ1) is 14.1. The van der Waals surface area contributed by atoms with Gasteiger partial charge in [0, 0.05) is 0 Å². The number of ether oxygens (including phenoxy) is 1. The molecule has 1 unspecified atom stereocenters. The highest BCUT2D eigenvalue weighted by Crippen LogP contribution is 2.43. The molecule has 0 radical (unpaired) electrons. The van der Waals surface area contributed by atoms with E-state index in [1.54, 1.807) is 43.3 Å². The minimum absolute atomic E-state index is 0.148. The fraction of sp³-hybridized carbons (Fsp3) is 0.0909. The van der Waals surface area contributed by atoms with Gasteiger partial charge in [0.15, 0.2) is 0 Å². The summed E-state index contributed by atoms with van der Waals surface area (Å²) in [4.78, 5) is 12.3. The SMILES string of the molecule is CC(=NP(Oc1ccccc1)Oc1ccccc1Cl)C(=O)OCc1ccccc1. The highest BCUT2D eigenvalue weighted by molar-refractivity contribution is 7.47. The van der Waals surface area contributed by atoms with E-state index in [0.29, 0.717) is 16.5 Å². The Morgan fingerprint density at radius 1 is 0.897 bits per heavy atom. The van der Waals surface area contributed by atoms with Crippen LogP contribution in [0.1, 0.15) is 12.5 Å². The van der Waals surface area contributed by atoms with Crippen LogP contribution < -0.4 is 9.05 Å². The molecule has 148 valence electrons. The van der Waals surface area contributed by atoms with Gasteiger partial charge in [-0.3, -0.25) is 0 Å². The third kappa shape index (κ3) is 6.60. The second-order valence-corrected chi connectivity index (χ2v) is 7.36. The molecule has 0 heterocycles. The van der Waals surface area contributed by atoms with Crippen LogP contribution in [0.15, 0.2) is 89.7 Å². The van der Waals surface area contributed by atoms with E-state index >= 15 is 0 Å². The number of halogens is 1. The van der Waals surface area contributed by atoms with Crippen LogP contribution in [0.5, 0.6) is 11.5 Å². The third-order valence-electron chi connectivity index (χ3n) is 3.68. The van der Waals surface area contributed by atoms with Gasteiger partial charge in [0.05, 0.1) is 5.02 Å². The van der Waals surface area contributed by atoms with E-state index in [4.69, 9.17) is 25.4 Å². The van der Waals surface area contributed by atoms with Crippen LogP contribution in [0.25, 0.3) is 0 Å². The summed E-state index contributed by atoms with van der Waals surface area (Å²) in [5.41, 5.74) is 1.04. The first-order valence-corrected chi connectivity index (χ1v) is 10.3. The topological polar surface area (TPSA) is 57.1 Å². The van der Waals surface area contributed by atoms with Crippen LogP contribution in [-0.4, -0.2) is 11.7 Å². The number of carbonyl (C=O) groups is 1. The van der Waals surface area contributed by atoms with Crippen molar-refractivity contribution >= 4 is 31.8 Å².